The minimum atomic E-state index is -0.0316. The molecule has 4 aromatic rings. The number of carbonyl (C=O) groups is 1. The van der Waals surface area contributed by atoms with Crippen molar-refractivity contribution < 1.29 is 14.6 Å². The number of carbonyl (C=O) groups excluding carboxylic acids is 1. The van der Waals surface area contributed by atoms with Gasteiger partial charge in [-0.1, -0.05) is 56.3 Å². The predicted octanol–water partition coefficient (Wildman–Crippen LogP) is 7.22. The highest BCUT2D eigenvalue weighted by molar-refractivity contribution is 5.92. The summed E-state index contributed by atoms with van der Waals surface area (Å²) in [6.45, 7) is 7.04. The lowest BCUT2D eigenvalue weighted by Crippen LogP contribution is -2.33. The Kier molecular flexibility index (Phi) is 8.84. The number of amides is 1. The maximum Gasteiger partial charge on any atom is 0.317 e. The van der Waals surface area contributed by atoms with Crippen molar-refractivity contribution in [3.8, 4) is 11.3 Å². The van der Waals surface area contributed by atoms with Crippen LogP contribution in [0, 0.1) is 10.8 Å². The molecule has 1 aliphatic heterocycles. The van der Waals surface area contributed by atoms with E-state index in [0.717, 1.165) is 62.3 Å². The van der Waals surface area contributed by atoms with Crippen LogP contribution in [0.4, 0.5) is 11.4 Å². The van der Waals surface area contributed by atoms with Gasteiger partial charge >= 0.3 is 5.69 Å². The Hall–Kier alpha value is -3.97. The predicted molar refractivity (Wildman–Crippen MR) is 165 cm³/mol. The van der Waals surface area contributed by atoms with Crippen LogP contribution in [0.1, 0.15) is 50.2 Å². The van der Waals surface area contributed by atoms with Gasteiger partial charge in [-0.25, -0.2) is 4.84 Å². The molecular formula is C34H41N4O3+. The molecule has 1 fully saturated rings. The van der Waals surface area contributed by atoms with Gasteiger partial charge in [-0.15, -0.1) is 0 Å². The third-order valence-corrected chi connectivity index (χ3v) is 8.35. The van der Waals surface area contributed by atoms with E-state index in [-0.39, 0.29) is 11.8 Å². The van der Waals surface area contributed by atoms with E-state index in [1.165, 1.54) is 29.1 Å². The van der Waals surface area contributed by atoms with Gasteiger partial charge in [-0.2, -0.15) is 0 Å². The van der Waals surface area contributed by atoms with Crippen molar-refractivity contribution >= 4 is 28.2 Å². The van der Waals surface area contributed by atoms with E-state index in [9.17, 15) is 9.70 Å². The summed E-state index contributed by atoms with van der Waals surface area (Å²) in [6, 6.07) is 24.6. The number of nitrogens with one attached hydrogen (secondary N) is 1. The van der Waals surface area contributed by atoms with Crippen LogP contribution in [0.2, 0.25) is 0 Å². The lowest BCUT2D eigenvalue weighted by atomic mass is 9.89. The zero-order valence-electron chi connectivity index (χ0n) is 24.6. The van der Waals surface area contributed by atoms with Crippen LogP contribution < -0.4 is 5.32 Å². The molecule has 7 heteroatoms. The molecule has 2 heterocycles. The van der Waals surface area contributed by atoms with Crippen LogP contribution in [0.25, 0.3) is 22.2 Å². The number of rotatable bonds is 10. The Bertz CT molecular complexity index is 1530. The topological polar surface area (TPSA) is 66.6 Å². The average Bonchev–Trinajstić information content (AvgIpc) is 3.28. The lowest BCUT2D eigenvalue weighted by molar-refractivity contribution is -0.736. The van der Waals surface area contributed by atoms with Crippen molar-refractivity contribution in [1.82, 2.24) is 9.47 Å². The van der Waals surface area contributed by atoms with E-state index in [2.05, 4.69) is 70.4 Å². The highest BCUT2D eigenvalue weighted by Gasteiger charge is 2.23. The van der Waals surface area contributed by atoms with Crippen molar-refractivity contribution in [2.45, 2.75) is 45.4 Å². The molecule has 214 valence electrons. The van der Waals surface area contributed by atoms with Gasteiger partial charge in [0.2, 0.25) is 5.91 Å². The highest BCUT2D eigenvalue weighted by atomic mass is 16.8. The van der Waals surface area contributed by atoms with Crippen LogP contribution in [-0.2, 0) is 23.1 Å². The Morgan fingerprint density at radius 3 is 2.54 bits per heavy atom. The van der Waals surface area contributed by atoms with E-state index in [1.807, 2.05) is 32.0 Å². The molecule has 0 saturated carbocycles. The molecular weight excluding hydrogens is 512 g/mol. The molecule has 5 rings (SSSR count). The third kappa shape index (κ3) is 6.35. The number of benzene rings is 3. The van der Waals surface area contributed by atoms with Crippen LogP contribution in [0.3, 0.4) is 0 Å². The fourth-order valence-corrected chi connectivity index (χ4v) is 6.09. The van der Waals surface area contributed by atoms with Gasteiger partial charge in [0.15, 0.2) is 7.11 Å². The average molecular weight is 554 g/mol. The van der Waals surface area contributed by atoms with Crippen molar-refractivity contribution in [3.63, 3.8) is 0 Å². The molecule has 1 aliphatic rings. The van der Waals surface area contributed by atoms with Crippen LogP contribution in [-0.4, -0.2) is 47.0 Å². The third-order valence-electron chi connectivity index (χ3n) is 8.35. The largest absolute Gasteiger partial charge is 0.343 e. The SMILES string of the molecule is CO[N+](=O)c1cccc(-c2c(CCCN3CCC(c4cccc(NC(=O)C(C)C)c4)CC3)c3ccccc3n2C)c1. The quantitative estimate of drug-likeness (QED) is 0.211. The number of aromatic nitrogens is 1. The molecule has 0 spiro atoms. The van der Waals surface area contributed by atoms with Crippen molar-refractivity contribution in [2.75, 3.05) is 32.1 Å². The fourth-order valence-electron chi connectivity index (χ4n) is 6.09. The number of anilines is 1. The number of nitrogens with zero attached hydrogens (tertiary/aromatic N) is 3. The summed E-state index contributed by atoms with van der Waals surface area (Å²) in [5.41, 5.74) is 7.38. The molecule has 0 unspecified atom stereocenters. The first-order valence-corrected chi connectivity index (χ1v) is 14.7. The first-order chi connectivity index (χ1) is 19.9. The Balaban J connectivity index is 1.25. The number of hydrogen-bond acceptors (Lipinski definition) is 4. The molecule has 3 aromatic carbocycles. The first-order valence-electron chi connectivity index (χ1n) is 14.7. The molecule has 0 aliphatic carbocycles. The number of hydrogen-bond donors (Lipinski definition) is 1. The summed E-state index contributed by atoms with van der Waals surface area (Å²) in [4.78, 5) is 32.3. The molecule has 0 atom stereocenters. The summed E-state index contributed by atoms with van der Waals surface area (Å²) < 4.78 is 2.24. The van der Waals surface area contributed by atoms with Crippen molar-refractivity contribution in [3.05, 3.63) is 88.8 Å². The summed E-state index contributed by atoms with van der Waals surface area (Å²) >= 11 is 0. The second-order valence-electron chi connectivity index (χ2n) is 11.4. The van der Waals surface area contributed by atoms with Gasteiger partial charge in [0, 0.05) is 47.3 Å². The van der Waals surface area contributed by atoms with Gasteiger partial charge < -0.3 is 14.8 Å². The van der Waals surface area contributed by atoms with E-state index >= 15 is 0 Å². The first kappa shape index (κ1) is 28.6. The minimum absolute atomic E-state index is 0.0316. The zero-order valence-corrected chi connectivity index (χ0v) is 24.6. The van der Waals surface area contributed by atoms with Gasteiger partial charge in [0.25, 0.3) is 4.92 Å². The van der Waals surface area contributed by atoms with Gasteiger partial charge in [0.1, 0.15) is 0 Å². The normalized spacial score (nSPS) is 14.5. The lowest BCUT2D eigenvalue weighted by Gasteiger charge is -2.32. The molecule has 41 heavy (non-hydrogen) atoms. The van der Waals surface area contributed by atoms with Gasteiger partial charge in [-0.05, 0) is 80.6 Å². The van der Waals surface area contributed by atoms with E-state index in [1.54, 1.807) is 6.07 Å². The number of piperidine rings is 1. The summed E-state index contributed by atoms with van der Waals surface area (Å²) in [6.07, 6.45) is 4.27. The molecule has 0 radical (unpaired) electrons. The smallest absolute Gasteiger partial charge is 0.317 e. The number of aryl methyl sites for hydroxylation is 2. The molecule has 0 bridgehead atoms. The highest BCUT2D eigenvalue weighted by Crippen LogP contribution is 2.36. The molecule has 1 saturated heterocycles. The van der Waals surface area contributed by atoms with E-state index in [0.29, 0.717) is 16.5 Å². The second-order valence-corrected chi connectivity index (χ2v) is 11.4. The Morgan fingerprint density at radius 2 is 1.78 bits per heavy atom. The molecule has 1 amide bonds. The Morgan fingerprint density at radius 1 is 1.02 bits per heavy atom. The van der Waals surface area contributed by atoms with Crippen LogP contribution >= 0.6 is 0 Å². The number of fused-ring (bicyclic) bond motifs is 1. The number of para-hydroxylation sites is 1. The fraction of sp³-hybridized carbons (Fsp3) is 0.382. The maximum absolute atomic E-state index is 12.1. The van der Waals surface area contributed by atoms with Gasteiger partial charge in [-0.3, -0.25) is 4.79 Å². The molecule has 1 aromatic heterocycles. The monoisotopic (exact) mass is 553 g/mol. The van der Waals surface area contributed by atoms with Gasteiger partial charge in [0.05, 0.1) is 10.6 Å². The zero-order chi connectivity index (χ0) is 28.9. The van der Waals surface area contributed by atoms with Crippen molar-refractivity contribution in [1.29, 1.82) is 0 Å². The van der Waals surface area contributed by atoms with Crippen LogP contribution in [0.15, 0.2) is 72.8 Å². The van der Waals surface area contributed by atoms with Crippen LogP contribution in [0.5, 0.6) is 0 Å². The summed E-state index contributed by atoms with van der Waals surface area (Å²) in [5, 5.41) is 4.31. The Labute approximate surface area is 242 Å². The van der Waals surface area contributed by atoms with E-state index in [4.69, 9.17) is 4.84 Å². The van der Waals surface area contributed by atoms with Crippen molar-refractivity contribution in [2.24, 2.45) is 13.0 Å². The number of likely N-dealkylation sites (tertiary alicyclic amines) is 1. The maximum atomic E-state index is 12.1. The molecule has 7 nitrogen and oxygen atoms in total. The summed E-state index contributed by atoms with van der Waals surface area (Å²) in [7, 11) is 3.49. The second kappa shape index (κ2) is 12.7. The minimum Gasteiger partial charge on any atom is -0.343 e. The summed E-state index contributed by atoms with van der Waals surface area (Å²) in [5.74, 6) is 0.545. The van der Waals surface area contributed by atoms with E-state index < -0.39 is 0 Å². The molecule has 1 N–H and O–H groups in total. The standard InChI is InChI=1S/C34H40N4O3/c1-24(2)34(39)35-28-12-7-10-26(22-28)25-17-20-37(21-18-25)19-9-15-31-30-14-5-6-16-32(30)36(3)33(31)27-11-8-13-29(23-27)38(40)41-4/h5-8,10-14,16,22-25H,9,15,17-21H2,1-4H3/p+1.